The number of hydrogen-bond acceptors (Lipinski definition) is 6. The Morgan fingerprint density at radius 3 is 2.78 bits per heavy atom. The predicted molar refractivity (Wildman–Crippen MR) is 88.1 cm³/mol. The SMILES string of the molecule is CCON1C(c2cccnc2)=NCc2cc(S(C)(=O)=O)ccc21. The zero-order valence-corrected chi connectivity index (χ0v) is 13.7. The van der Waals surface area contributed by atoms with E-state index in [-0.39, 0.29) is 4.90 Å². The molecule has 0 fully saturated rings. The Morgan fingerprint density at radius 2 is 2.13 bits per heavy atom. The Bertz CT molecular complexity index is 848. The smallest absolute Gasteiger partial charge is 0.175 e. The molecule has 2 aromatic rings. The maximum absolute atomic E-state index is 11.7. The number of fused-ring (bicyclic) bond motifs is 1. The average Bonchev–Trinajstić information content (AvgIpc) is 2.55. The van der Waals surface area contributed by atoms with Gasteiger partial charge in [-0.05, 0) is 37.3 Å². The van der Waals surface area contributed by atoms with Crippen LogP contribution in [0.15, 0.2) is 52.6 Å². The molecule has 0 spiro atoms. The van der Waals surface area contributed by atoms with Crippen molar-refractivity contribution in [2.45, 2.75) is 18.4 Å². The second kappa shape index (κ2) is 6.10. The Labute approximate surface area is 135 Å². The Hall–Kier alpha value is -2.25. The van der Waals surface area contributed by atoms with Crippen molar-refractivity contribution in [2.75, 3.05) is 17.9 Å². The third-order valence-electron chi connectivity index (χ3n) is 3.47. The van der Waals surface area contributed by atoms with E-state index >= 15 is 0 Å². The highest BCUT2D eigenvalue weighted by molar-refractivity contribution is 7.90. The Kier molecular flexibility index (Phi) is 4.14. The minimum Gasteiger partial charge on any atom is -0.267 e. The monoisotopic (exact) mass is 331 g/mol. The summed E-state index contributed by atoms with van der Waals surface area (Å²) in [6.45, 7) is 2.75. The van der Waals surface area contributed by atoms with Crippen LogP contribution in [-0.2, 0) is 21.2 Å². The molecule has 0 saturated carbocycles. The van der Waals surface area contributed by atoms with Gasteiger partial charge in [-0.3, -0.25) is 14.8 Å². The van der Waals surface area contributed by atoms with E-state index < -0.39 is 9.84 Å². The van der Waals surface area contributed by atoms with Gasteiger partial charge < -0.3 is 0 Å². The molecule has 0 aliphatic carbocycles. The fraction of sp³-hybridized carbons (Fsp3) is 0.250. The van der Waals surface area contributed by atoms with Gasteiger partial charge in [-0.25, -0.2) is 13.5 Å². The van der Waals surface area contributed by atoms with Gasteiger partial charge in [0.05, 0.1) is 23.7 Å². The molecule has 23 heavy (non-hydrogen) atoms. The van der Waals surface area contributed by atoms with Crippen molar-refractivity contribution >= 4 is 21.4 Å². The van der Waals surface area contributed by atoms with Gasteiger partial charge in [0.15, 0.2) is 15.7 Å². The van der Waals surface area contributed by atoms with Crippen LogP contribution in [0.2, 0.25) is 0 Å². The Balaban J connectivity index is 2.06. The van der Waals surface area contributed by atoms with Crippen LogP contribution in [0, 0.1) is 0 Å². The number of anilines is 1. The molecule has 1 aliphatic rings. The van der Waals surface area contributed by atoms with Crippen molar-refractivity contribution in [3.05, 3.63) is 53.9 Å². The van der Waals surface area contributed by atoms with E-state index in [1.807, 2.05) is 19.1 Å². The van der Waals surface area contributed by atoms with Gasteiger partial charge in [0.2, 0.25) is 0 Å². The summed E-state index contributed by atoms with van der Waals surface area (Å²) in [6.07, 6.45) is 4.62. The minimum atomic E-state index is -3.25. The van der Waals surface area contributed by atoms with Crippen LogP contribution < -0.4 is 5.06 Å². The van der Waals surface area contributed by atoms with Crippen LogP contribution in [0.4, 0.5) is 5.69 Å². The molecule has 0 N–H and O–H groups in total. The summed E-state index contributed by atoms with van der Waals surface area (Å²) in [7, 11) is -3.25. The number of hydrogen-bond donors (Lipinski definition) is 0. The molecule has 0 saturated heterocycles. The number of sulfone groups is 1. The molecule has 0 bridgehead atoms. The summed E-state index contributed by atoms with van der Waals surface area (Å²) in [6, 6.07) is 8.75. The van der Waals surface area contributed by atoms with E-state index in [4.69, 9.17) is 4.84 Å². The van der Waals surface area contributed by atoms with Crippen LogP contribution >= 0.6 is 0 Å². The maximum Gasteiger partial charge on any atom is 0.175 e. The van der Waals surface area contributed by atoms with E-state index in [9.17, 15) is 8.42 Å². The first kappa shape index (κ1) is 15.6. The lowest BCUT2D eigenvalue weighted by molar-refractivity contribution is 0.155. The van der Waals surface area contributed by atoms with Crippen LogP contribution in [0.3, 0.4) is 0 Å². The van der Waals surface area contributed by atoms with Crippen LogP contribution in [0.25, 0.3) is 0 Å². The standard InChI is InChI=1S/C16H17N3O3S/c1-3-22-19-15-7-6-14(23(2,20)21)9-13(15)11-18-16(19)12-5-4-8-17-10-12/h4-10H,3,11H2,1-2H3. The lowest BCUT2D eigenvalue weighted by Gasteiger charge is -2.30. The first-order valence-electron chi connectivity index (χ1n) is 7.21. The number of pyridine rings is 1. The molecule has 1 aromatic heterocycles. The van der Waals surface area contributed by atoms with E-state index in [1.54, 1.807) is 35.7 Å². The average molecular weight is 331 g/mol. The van der Waals surface area contributed by atoms with Gasteiger partial charge in [0.1, 0.15) is 0 Å². The molecule has 0 unspecified atom stereocenters. The molecule has 1 aliphatic heterocycles. The zero-order valence-electron chi connectivity index (χ0n) is 12.9. The number of hydroxylamine groups is 1. The quantitative estimate of drug-likeness (QED) is 0.859. The van der Waals surface area contributed by atoms with Crippen molar-refractivity contribution in [1.82, 2.24) is 4.98 Å². The number of aromatic nitrogens is 1. The molecule has 0 atom stereocenters. The summed E-state index contributed by atoms with van der Waals surface area (Å²) >= 11 is 0. The van der Waals surface area contributed by atoms with Crippen molar-refractivity contribution in [3.8, 4) is 0 Å². The van der Waals surface area contributed by atoms with E-state index in [0.717, 1.165) is 16.8 Å². The molecule has 6 nitrogen and oxygen atoms in total. The second-order valence-corrected chi connectivity index (χ2v) is 7.17. The van der Waals surface area contributed by atoms with Crippen molar-refractivity contribution < 1.29 is 13.3 Å². The summed E-state index contributed by atoms with van der Waals surface area (Å²) in [4.78, 5) is 14.7. The molecular formula is C16H17N3O3S. The van der Waals surface area contributed by atoms with Crippen LogP contribution in [0.5, 0.6) is 0 Å². The molecule has 120 valence electrons. The van der Waals surface area contributed by atoms with Gasteiger partial charge in [-0.1, -0.05) is 0 Å². The largest absolute Gasteiger partial charge is 0.267 e. The van der Waals surface area contributed by atoms with Crippen molar-refractivity contribution in [1.29, 1.82) is 0 Å². The van der Waals surface area contributed by atoms with E-state index in [1.165, 1.54) is 6.26 Å². The summed E-state index contributed by atoms with van der Waals surface area (Å²) in [5, 5.41) is 1.64. The van der Waals surface area contributed by atoms with Crippen LogP contribution in [-0.4, -0.2) is 32.1 Å². The molecular weight excluding hydrogens is 314 g/mol. The number of benzene rings is 1. The molecule has 3 rings (SSSR count). The van der Waals surface area contributed by atoms with Crippen LogP contribution in [0.1, 0.15) is 18.1 Å². The van der Waals surface area contributed by atoms with Gasteiger partial charge in [0.25, 0.3) is 0 Å². The Morgan fingerprint density at radius 1 is 1.30 bits per heavy atom. The number of amidine groups is 1. The maximum atomic E-state index is 11.7. The normalized spacial score (nSPS) is 14.3. The van der Waals surface area contributed by atoms with Gasteiger partial charge in [0, 0.05) is 29.8 Å². The molecule has 2 heterocycles. The molecule has 1 aromatic carbocycles. The highest BCUT2D eigenvalue weighted by atomic mass is 32.2. The van der Waals surface area contributed by atoms with Crippen molar-refractivity contribution in [2.24, 2.45) is 4.99 Å². The van der Waals surface area contributed by atoms with Gasteiger partial charge in [-0.2, -0.15) is 0 Å². The highest BCUT2D eigenvalue weighted by Gasteiger charge is 2.24. The third-order valence-corrected chi connectivity index (χ3v) is 4.58. The third kappa shape index (κ3) is 3.11. The lowest BCUT2D eigenvalue weighted by atomic mass is 10.1. The van der Waals surface area contributed by atoms with Crippen molar-refractivity contribution in [3.63, 3.8) is 0 Å². The van der Waals surface area contributed by atoms with E-state index in [0.29, 0.717) is 19.0 Å². The minimum absolute atomic E-state index is 0.285. The molecule has 0 radical (unpaired) electrons. The fourth-order valence-electron chi connectivity index (χ4n) is 2.42. The summed E-state index contributed by atoms with van der Waals surface area (Å²) in [5.41, 5.74) is 2.46. The highest BCUT2D eigenvalue weighted by Crippen LogP contribution is 2.30. The lowest BCUT2D eigenvalue weighted by Crippen LogP contribution is -2.35. The predicted octanol–water partition coefficient (Wildman–Crippen LogP) is 2.20. The number of nitrogens with zero attached hydrogens (tertiary/aromatic N) is 3. The summed E-state index contributed by atoms with van der Waals surface area (Å²) in [5.74, 6) is 0.666. The number of rotatable bonds is 4. The topological polar surface area (TPSA) is 71.9 Å². The summed E-state index contributed by atoms with van der Waals surface area (Å²) < 4.78 is 23.4. The zero-order chi connectivity index (χ0) is 16.4. The number of aliphatic imine (C=N–C) groups is 1. The molecule has 0 amide bonds. The van der Waals surface area contributed by atoms with Gasteiger partial charge in [-0.15, -0.1) is 0 Å². The first-order chi connectivity index (χ1) is 11.0. The fourth-order valence-corrected chi connectivity index (χ4v) is 3.09. The van der Waals surface area contributed by atoms with E-state index in [2.05, 4.69) is 9.98 Å². The first-order valence-corrected chi connectivity index (χ1v) is 9.10. The molecule has 7 heteroatoms. The second-order valence-electron chi connectivity index (χ2n) is 5.16. The van der Waals surface area contributed by atoms with Gasteiger partial charge >= 0.3 is 0 Å².